The van der Waals surface area contributed by atoms with Crippen molar-refractivity contribution in [1.29, 1.82) is 0 Å². The number of carbonyl (C=O) groups excluding carboxylic acids is 2. The molecule has 0 radical (unpaired) electrons. The Hall–Kier alpha value is -1.10. The lowest BCUT2D eigenvalue weighted by molar-refractivity contribution is -0.144. The smallest absolute Gasteiger partial charge is 0.240 e. The van der Waals surface area contributed by atoms with Crippen LogP contribution in [0.1, 0.15) is 51.4 Å². The third-order valence-electron chi connectivity index (χ3n) is 6.62. The number of amides is 2. The Morgan fingerprint density at radius 3 is 2.09 bits per heavy atom. The fraction of sp³-hybridized carbons (Fsp3) is 0.882. The van der Waals surface area contributed by atoms with Crippen molar-refractivity contribution in [1.82, 2.24) is 4.90 Å². The van der Waals surface area contributed by atoms with Gasteiger partial charge in [0.25, 0.3) is 0 Å². The Bertz CT molecular complexity index is 469. The lowest BCUT2D eigenvalue weighted by atomic mass is 9.49. The second-order valence-corrected chi connectivity index (χ2v) is 8.45. The molecule has 2 amide bonds. The van der Waals surface area contributed by atoms with Gasteiger partial charge in [0.15, 0.2) is 0 Å². The highest BCUT2D eigenvalue weighted by Crippen LogP contribution is 2.61. The maximum absolute atomic E-state index is 12.8. The van der Waals surface area contributed by atoms with Gasteiger partial charge in [-0.3, -0.25) is 9.59 Å². The molecule has 0 unspecified atom stereocenters. The Kier molecular flexibility index (Phi) is 3.26. The molecule has 1 aliphatic heterocycles. The first kappa shape index (κ1) is 14.5. The quantitative estimate of drug-likeness (QED) is 0.817. The van der Waals surface area contributed by atoms with Gasteiger partial charge in [0.1, 0.15) is 6.04 Å². The Morgan fingerprint density at radius 1 is 1.05 bits per heavy atom. The Balaban J connectivity index is 1.49. The molecule has 0 aromatic heterocycles. The molecule has 3 N–H and O–H groups in total. The molecule has 22 heavy (non-hydrogen) atoms. The van der Waals surface area contributed by atoms with Gasteiger partial charge in [0.2, 0.25) is 11.8 Å². The van der Waals surface area contributed by atoms with Gasteiger partial charge in [0.05, 0.1) is 6.10 Å². The van der Waals surface area contributed by atoms with Gasteiger partial charge in [-0.05, 0) is 61.7 Å². The number of likely N-dealkylation sites (tertiary alicyclic amines) is 1. The van der Waals surface area contributed by atoms with Gasteiger partial charge in [-0.2, -0.15) is 0 Å². The first-order chi connectivity index (χ1) is 10.4. The molecule has 1 heterocycles. The lowest BCUT2D eigenvalue weighted by Gasteiger charge is -2.57. The Labute approximate surface area is 131 Å². The van der Waals surface area contributed by atoms with Crippen molar-refractivity contribution in [3.05, 3.63) is 0 Å². The third-order valence-corrected chi connectivity index (χ3v) is 6.62. The molecule has 0 aromatic rings. The number of β-amino-alcohol motifs (C(OH)–C–C–N with tert-alkyl or cyclic N) is 1. The molecule has 4 aliphatic carbocycles. The largest absolute Gasteiger partial charge is 0.391 e. The van der Waals surface area contributed by atoms with Gasteiger partial charge < -0.3 is 15.7 Å². The number of nitrogens with two attached hydrogens (primary N) is 1. The molecule has 5 aliphatic rings. The molecular weight excluding hydrogens is 280 g/mol. The van der Waals surface area contributed by atoms with Crippen LogP contribution < -0.4 is 5.73 Å². The molecule has 5 rings (SSSR count). The zero-order valence-corrected chi connectivity index (χ0v) is 13.0. The SMILES string of the molecule is NC(=O)[C@@H]1C[C@@H](O)CN1C(=O)CC12CC3CC(CC(C3)C1)C2. The van der Waals surface area contributed by atoms with Crippen LogP contribution in [-0.2, 0) is 9.59 Å². The highest BCUT2D eigenvalue weighted by atomic mass is 16.3. The minimum absolute atomic E-state index is 0.0299. The van der Waals surface area contributed by atoms with Crippen molar-refractivity contribution in [2.24, 2.45) is 28.9 Å². The number of nitrogens with zero attached hydrogens (tertiary/aromatic N) is 1. The molecule has 2 atom stereocenters. The summed E-state index contributed by atoms with van der Waals surface area (Å²) in [6.45, 7) is 0.263. The molecule has 1 saturated heterocycles. The molecule has 0 aromatic carbocycles. The van der Waals surface area contributed by atoms with Gasteiger partial charge in [0, 0.05) is 19.4 Å². The summed E-state index contributed by atoms with van der Waals surface area (Å²) in [5.41, 5.74) is 5.57. The molecule has 5 heteroatoms. The van der Waals surface area contributed by atoms with Crippen LogP contribution in [-0.4, -0.2) is 40.5 Å². The van der Waals surface area contributed by atoms with E-state index in [1.165, 1.54) is 38.5 Å². The van der Waals surface area contributed by atoms with E-state index in [1.54, 1.807) is 4.90 Å². The Morgan fingerprint density at radius 2 is 1.59 bits per heavy atom. The van der Waals surface area contributed by atoms with Crippen LogP contribution in [0, 0.1) is 23.2 Å². The fourth-order valence-electron chi connectivity index (χ4n) is 6.29. The van der Waals surface area contributed by atoms with E-state index < -0.39 is 18.1 Å². The summed E-state index contributed by atoms with van der Waals surface area (Å²) in [7, 11) is 0. The van der Waals surface area contributed by atoms with Gasteiger partial charge >= 0.3 is 0 Å². The summed E-state index contributed by atoms with van der Waals surface area (Å²) >= 11 is 0. The minimum Gasteiger partial charge on any atom is -0.391 e. The zero-order valence-electron chi connectivity index (χ0n) is 13.0. The van der Waals surface area contributed by atoms with E-state index in [9.17, 15) is 14.7 Å². The van der Waals surface area contributed by atoms with Crippen molar-refractivity contribution >= 4 is 11.8 Å². The van der Waals surface area contributed by atoms with Crippen LogP contribution in [0.25, 0.3) is 0 Å². The van der Waals surface area contributed by atoms with Gasteiger partial charge in [-0.15, -0.1) is 0 Å². The minimum atomic E-state index is -0.614. The third kappa shape index (κ3) is 2.34. The van der Waals surface area contributed by atoms with E-state index in [0.717, 1.165) is 17.8 Å². The summed E-state index contributed by atoms with van der Waals surface area (Å²) in [5.74, 6) is 1.98. The molecule has 122 valence electrons. The summed E-state index contributed by atoms with van der Waals surface area (Å²) in [6, 6.07) is -0.614. The van der Waals surface area contributed by atoms with Crippen LogP contribution in [0.15, 0.2) is 0 Å². The van der Waals surface area contributed by atoms with Crippen LogP contribution in [0.3, 0.4) is 0 Å². The number of carbonyl (C=O) groups is 2. The average Bonchev–Trinajstić information content (AvgIpc) is 2.79. The van der Waals surface area contributed by atoms with Crippen LogP contribution in [0.4, 0.5) is 0 Å². The van der Waals surface area contributed by atoms with Crippen LogP contribution in [0.2, 0.25) is 0 Å². The van der Waals surface area contributed by atoms with Crippen molar-refractivity contribution in [3.63, 3.8) is 0 Å². The summed E-state index contributed by atoms with van der Waals surface area (Å²) < 4.78 is 0. The van der Waals surface area contributed by atoms with Crippen molar-refractivity contribution < 1.29 is 14.7 Å². The number of hydrogen-bond donors (Lipinski definition) is 2. The molecule has 4 saturated carbocycles. The van der Waals surface area contributed by atoms with E-state index >= 15 is 0 Å². The van der Waals surface area contributed by atoms with Crippen molar-refractivity contribution in [3.8, 4) is 0 Å². The van der Waals surface area contributed by atoms with E-state index in [2.05, 4.69) is 0 Å². The summed E-state index contributed by atoms with van der Waals surface area (Å²) in [6.07, 6.45) is 7.86. The fourth-order valence-corrected chi connectivity index (χ4v) is 6.29. The molecule has 5 fully saturated rings. The van der Waals surface area contributed by atoms with E-state index in [1.807, 2.05) is 0 Å². The summed E-state index contributed by atoms with van der Waals surface area (Å²) in [5, 5.41) is 9.80. The second kappa shape index (κ2) is 4.95. The maximum atomic E-state index is 12.8. The molecule has 4 bridgehead atoms. The second-order valence-electron chi connectivity index (χ2n) is 8.45. The first-order valence-electron chi connectivity index (χ1n) is 8.71. The van der Waals surface area contributed by atoms with Crippen LogP contribution >= 0.6 is 0 Å². The number of primary amides is 1. The maximum Gasteiger partial charge on any atom is 0.240 e. The summed E-state index contributed by atoms with van der Waals surface area (Å²) in [4.78, 5) is 25.9. The number of aliphatic hydroxyl groups is 1. The monoisotopic (exact) mass is 306 g/mol. The predicted octanol–water partition coefficient (Wildman–Crippen LogP) is 1.04. The van der Waals surface area contributed by atoms with E-state index in [0.29, 0.717) is 12.8 Å². The molecular formula is C17H26N2O3. The van der Waals surface area contributed by atoms with E-state index in [-0.39, 0.29) is 17.9 Å². The lowest BCUT2D eigenvalue weighted by Crippen LogP contribution is -2.50. The standard InChI is InChI=1S/C17H26N2O3/c18-16(22)14-4-13(20)9-19(14)15(21)8-17-5-10-1-11(6-17)3-12(2-10)7-17/h10-14,20H,1-9H2,(H2,18,22)/t10?,11?,12?,13-,14+,17?/m1/s1. The van der Waals surface area contributed by atoms with Crippen molar-refractivity contribution in [2.45, 2.75) is 63.5 Å². The highest BCUT2D eigenvalue weighted by Gasteiger charge is 2.52. The molecule has 5 nitrogen and oxygen atoms in total. The molecule has 0 spiro atoms. The van der Waals surface area contributed by atoms with E-state index in [4.69, 9.17) is 5.73 Å². The number of rotatable bonds is 3. The zero-order chi connectivity index (χ0) is 15.5. The highest BCUT2D eigenvalue weighted by molar-refractivity contribution is 5.87. The average molecular weight is 306 g/mol. The topological polar surface area (TPSA) is 83.6 Å². The first-order valence-corrected chi connectivity index (χ1v) is 8.71. The number of aliphatic hydroxyl groups excluding tert-OH is 1. The van der Waals surface area contributed by atoms with Crippen molar-refractivity contribution in [2.75, 3.05) is 6.54 Å². The van der Waals surface area contributed by atoms with Gasteiger partial charge in [-0.25, -0.2) is 0 Å². The predicted molar refractivity (Wildman–Crippen MR) is 80.5 cm³/mol. The van der Waals surface area contributed by atoms with Crippen LogP contribution in [0.5, 0.6) is 0 Å². The number of hydrogen-bond acceptors (Lipinski definition) is 3. The normalized spacial score (nSPS) is 46.2. The van der Waals surface area contributed by atoms with Gasteiger partial charge in [-0.1, -0.05) is 0 Å².